The van der Waals surface area contributed by atoms with Crippen molar-refractivity contribution >= 4 is 31.6 Å². The molecule has 0 aliphatic carbocycles. The van der Waals surface area contributed by atoms with Crippen molar-refractivity contribution in [3.8, 4) is 5.75 Å². The molecule has 1 saturated heterocycles. The van der Waals surface area contributed by atoms with Gasteiger partial charge in [-0.05, 0) is 30.3 Å². The number of benzene rings is 2. The lowest BCUT2D eigenvalue weighted by molar-refractivity contribution is 0.0730. The van der Waals surface area contributed by atoms with Gasteiger partial charge in [0.2, 0.25) is 10.0 Å². The van der Waals surface area contributed by atoms with Crippen LogP contribution in [0.3, 0.4) is 0 Å². The molecule has 10 nitrogen and oxygen atoms in total. The zero-order valence-corrected chi connectivity index (χ0v) is 19.1. The molecule has 1 heterocycles. The third-order valence-corrected chi connectivity index (χ3v) is 8.00. The summed E-state index contributed by atoms with van der Waals surface area (Å²) in [7, 11) is -6.07. The summed E-state index contributed by atoms with van der Waals surface area (Å²) in [5.41, 5.74) is 0.356. The van der Waals surface area contributed by atoms with Crippen molar-refractivity contribution in [1.29, 1.82) is 0 Å². The lowest BCUT2D eigenvalue weighted by Gasteiger charge is -2.26. The van der Waals surface area contributed by atoms with Crippen LogP contribution in [-0.2, 0) is 24.8 Å². The van der Waals surface area contributed by atoms with Crippen molar-refractivity contribution in [1.82, 2.24) is 9.62 Å². The van der Waals surface area contributed by atoms with Crippen LogP contribution in [0.5, 0.6) is 5.75 Å². The number of para-hydroxylation sites is 2. The molecule has 2 aromatic rings. The van der Waals surface area contributed by atoms with Gasteiger partial charge in [0.05, 0.1) is 36.7 Å². The first-order chi connectivity index (χ1) is 15.2. The molecule has 0 bridgehead atoms. The molecular formula is C20H25N3O7S2. The number of anilines is 1. The second-order valence-electron chi connectivity index (χ2n) is 6.92. The van der Waals surface area contributed by atoms with E-state index in [9.17, 15) is 21.6 Å². The molecule has 12 heteroatoms. The van der Waals surface area contributed by atoms with E-state index in [-0.39, 0.29) is 41.5 Å². The summed E-state index contributed by atoms with van der Waals surface area (Å²) in [5.74, 6) is -0.477. The van der Waals surface area contributed by atoms with Gasteiger partial charge in [0, 0.05) is 25.2 Å². The number of carbonyl (C=O) groups excluding carboxylic acids is 1. The van der Waals surface area contributed by atoms with E-state index in [1.54, 1.807) is 24.3 Å². The molecule has 0 aromatic heterocycles. The molecule has 1 aliphatic heterocycles. The Balaban J connectivity index is 1.65. The number of ether oxygens (including phenoxy) is 2. The average Bonchev–Trinajstić information content (AvgIpc) is 2.79. The molecule has 174 valence electrons. The molecule has 0 unspecified atom stereocenters. The third-order valence-electron chi connectivity index (χ3n) is 4.77. The van der Waals surface area contributed by atoms with Crippen LogP contribution in [-0.4, -0.2) is 72.8 Å². The zero-order chi connectivity index (χ0) is 23.2. The van der Waals surface area contributed by atoms with Gasteiger partial charge in [-0.1, -0.05) is 18.2 Å². The number of nitrogens with one attached hydrogen (secondary N) is 2. The zero-order valence-electron chi connectivity index (χ0n) is 17.5. The Labute approximate surface area is 187 Å². The Hall–Kier alpha value is -2.67. The lowest BCUT2D eigenvalue weighted by atomic mass is 10.2. The highest BCUT2D eigenvalue weighted by Crippen LogP contribution is 2.26. The van der Waals surface area contributed by atoms with E-state index in [0.29, 0.717) is 19.0 Å². The van der Waals surface area contributed by atoms with Crippen LogP contribution >= 0.6 is 0 Å². The summed E-state index contributed by atoms with van der Waals surface area (Å²) in [6.07, 6.45) is 0. The van der Waals surface area contributed by atoms with Crippen LogP contribution in [0.15, 0.2) is 53.4 Å². The van der Waals surface area contributed by atoms with Crippen LogP contribution in [0.4, 0.5) is 5.69 Å². The molecule has 0 radical (unpaired) electrons. The number of amides is 1. The summed E-state index contributed by atoms with van der Waals surface area (Å²) in [5, 5.41) is 2.53. The molecule has 1 aliphatic rings. The van der Waals surface area contributed by atoms with Crippen LogP contribution in [0.2, 0.25) is 0 Å². The molecule has 2 aromatic carbocycles. The summed E-state index contributed by atoms with van der Waals surface area (Å²) in [4.78, 5) is 12.4. The van der Waals surface area contributed by atoms with Crippen molar-refractivity contribution in [2.45, 2.75) is 4.90 Å². The van der Waals surface area contributed by atoms with Crippen LogP contribution in [0.1, 0.15) is 10.4 Å². The van der Waals surface area contributed by atoms with Crippen molar-refractivity contribution in [2.75, 3.05) is 50.4 Å². The predicted octanol–water partition coefficient (Wildman–Crippen LogP) is 0.888. The Morgan fingerprint density at radius 3 is 2.50 bits per heavy atom. The van der Waals surface area contributed by atoms with Crippen LogP contribution < -0.4 is 14.8 Å². The normalized spacial score (nSPS) is 15.2. The Morgan fingerprint density at radius 2 is 1.78 bits per heavy atom. The number of sulfonamides is 2. The third kappa shape index (κ3) is 5.97. The van der Waals surface area contributed by atoms with Crippen molar-refractivity contribution in [3.63, 3.8) is 0 Å². The lowest BCUT2D eigenvalue weighted by Crippen LogP contribution is -2.43. The van der Waals surface area contributed by atoms with E-state index < -0.39 is 26.0 Å². The summed E-state index contributed by atoms with van der Waals surface area (Å²) >= 11 is 0. The largest absolute Gasteiger partial charge is 0.495 e. The number of methoxy groups -OCH3 is 1. The van der Waals surface area contributed by atoms with E-state index in [2.05, 4.69) is 10.0 Å². The van der Waals surface area contributed by atoms with Gasteiger partial charge in [-0.15, -0.1) is 0 Å². The van der Waals surface area contributed by atoms with Gasteiger partial charge >= 0.3 is 0 Å². The highest BCUT2D eigenvalue weighted by atomic mass is 32.2. The maximum Gasteiger partial charge on any atom is 0.262 e. The standard InChI is InChI=1S/C20H25N3O7S2/c1-29-19-8-3-2-7-18(19)22-32(27,28)17-6-4-5-16(15-17)20(24)21-9-14-31(25,26)23-10-12-30-13-11-23/h2-8,15,22H,9-14H2,1H3,(H,21,24). The fraction of sp³-hybridized carbons (Fsp3) is 0.350. The second kappa shape index (κ2) is 10.3. The van der Waals surface area contributed by atoms with Crippen molar-refractivity contribution in [3.05, 3.63) is 54.1 Å². The fourth-order valence-corrected chi connectivity index (χ4v) is 5.53. The molecule has 1 amide bonds. The van der Waals surface area contributed by atoms with E-state index >= 15 is 0 Å². The Bertz CT molecular complexity index is 1160. The van der Waals surface area contributed by atoms with E-state index in [1.807, 2.05) is 0 Å². The predicted molar refractivity (Wildman–Crippen MR) is 119 cm³/mol. The molecular weight excluding hydrogens is 458 g/mol. The van der Waals surface area contributed by atoms with E-state index in [4.69, 9.17) is 9.47 Å². The monoisotopic (exact) mass is 483 g/mol. The SMILES string of the molecule is COc1ccccc1NS(=O)(=O)c1cccc(C(=O)NCCS(=O)(=O)N2CCOCC2)c1. The number of morpholine rings is 1. The van der Waals surface area contributed by atoms with Gasteiger partial charge in [0.15, 0.2) is 0 Å². The quantitative estimate of drug-likeness (QED) is 0.541. The first kappa shape index (κ1) is 24.0. The molecule has 32 heavy (non-hydrogen) atoms. The number of hydrogen-bond donors (Lipinski definition) is 2. The molecule has 2 N–H and O–H groups in total. The van der Waals surface area contributed by atoms with E-state index in [0.717, 1.165) is 0 Å². The Morgan fingerprint density at radius 1 is 1.06 bits per heavy atom. The minimum Gasteiger partial charge on any atom is -0.495 e. The molecule has 3 rings (SSSR count). The number of nitrogens with zero attached hydrogens (tertiary/aromatic N) is 1. The molecule has 1 fully saturated rings. The minimum absolute atomic E-state index is 0.0941. The molecule has 0 spiro atoms. The smallest absolute Gasteiger partial charge is 0.262 e. The van der Waals surface area contributed by atoms with Gasteiger partial charge in [-0.25, -0.2) is 16.8 Å². The van der Waals surface area contributed by atoms with E-state index in [1.165, 1.54) is 35.7 Å². The van der Waals surface area contributed by atoms with Crippen LogP contribution in [0.25, 0.3) is 0 Å². The van der Waals surface area contributed by atoms with Crippen molar-refractivity contribution < 1.29 is 31.1 Å². The van der Waals surface area contributed by atoms with Gasteiger partial charge in [0.25, 0.3) is 15.9 Å². The highest BCUT2D eigenvalue weighted by Gasteiger charge is 2.24. The number of carbonyl (C=O) groups is 1. The highest BCUT2D eigenvalue weighted by molar-refractivity contribution is 7.92. The Kier molecular flexibility index (Phi) is 7.72. The topological polar surface area (TPSA) is 131 Å². The summed E-state index contributed by atoms with van der Waals surface area (Å²) < 4.78 is 64.3. The molecule has 0 saturated carbocycles. The number of hydrogen-bond acceptors (Lipinski definition) is 7. The maximum absolute atomic E-state index is 12.8. The average molecular weight is 484 g/mol. The van der Waals surface area contributed by atoms with Gasteiger partial charge in [0.1, 0.15) is 5.75 Å². The maximum atomic E-state index is 12.8. The summed E-state index contributed by atoms with van der Waals surface area (Å²) in [6.45, 7) is 1.16. The van der Waals surface area contributed by atoms with Crippen LogP contribution in [0, 0.1) is 0 Å². The number of rotatable bonds is 9. The minimum atomic E-state index is -3.98. The van der Waals surface area contributed by atoms with Crippen molar-refractivity contribution in [2.24, 2.45) is 0 Å². The molecule has 0 atom stereocenters. The fourth-order valence-electron chi connectivity index (χ4n) is 3.09. The van der Waals surface area contributed by atoms with Gasteiger partial charge in [-0.3, -0.25) is 9.52 Å². The van der Waals surface area contributed by atoms with Gasteiger partial charge < -0.3 is 14.8 Å². The first-order valence-corrected chi connectivity index (χ1v) is 12.9. The first-order valence-electron chi connectivity index (χ1n) is 9.82. The van der Waals surface area contributed by atoms with Gasteiger partial charge in [-0.2, -0.15) is 4.31 Å². The summed E-state index contributed by atoms with van der Waals surface area (Å²) in [6, 6.07) is 12.0. The second-order valence-corrected chi connectivity index (χ2v) is 10.7.